The molecule has 0 saturated carbocycles. The first-order chi connectivity index (χ1) is 13.2. The third kappa shape index (κ3) is 4.17. The predicted octanol–water partition coefficient (Wildman–Crippen LogP) is 2.89. The van der Waals surface area contributed by atoms with Crippen LogP contribution in [0.25, 0.3) is 5.65 Å². The van der Waals surface area contributed by atoms with Crippen LogP contribution in [0.5, 0.6) is 0 Å². The number of likely N-dealkylation sites (tertiary alicyclic amines) is 1. The molecule has 0 spiro atoms. The molecule has 6 nitrogen and oxygen atoms in total. The number of amides is 1. The highest BCUT2D eigenvalue weighted by atomic mass is 16.1. The van der Waals surface area contributed by atoms with Crippen molar-refractivity contribution in [2.24, 2.45) is 5.92 Å². The molecule has 1 fully saturated rings. The molecule has 0 bridgehead atoms. The van der Waals surface area contributed by atoms with Gasteiger partial charge in [-0.1, -0.05) is 31.2 Å². The van der Waals surface area contributed by atoms with Gasteiger partial charge >= 0.3 is 0 Å². The second kappa shape index (κ2) is 7.88. The predicted molar refractivity (Wildman–Crippen MR) is 104 cm³/mol. The van der Waals surface area contributed by atoms with Crippen LogP contribution in [0.1, 0.15) is 41.3 Å². The van der Waals surface area contributed by atoms with E-state index in [2.05, 4.69) is 51.5 Å². The maximum absolute atomic E-state index is 12.4. The van der Waals surface area contributed by atoms with Crippen molar-refractivity contribution in [3.8, 4) is 0 Å². The Morgan fingerprint density at radius 3 is 2.70 bits per heavy atom. The average molecular weight is 363 g/mol. The van der Waals surface area contributed by atoms with Crippen molar-refractivity contribution >= 4 is 11.6 Å². The van der Waals surface area contributed by atoms with Crippen LogP contribution in [0.2, 0.25) is 0 Å². The maximum Gasteiger partial charge on any atom is 0.257 e. The molecule has 1 saturated heterocycles. The van der Waals surface area contributed by atoms with Gasteiger partial charge in [-0.05, 0) is 49.0 Å². The molecule has 1 aliphatic heterocycles. The van der Waals surface area contributed by atoms with Gasteiger partial charge in [-0.3, -0.25) is 9.69 Å². The molecule has 0 aliphatic carbocycles. The van der Waals surface area contributed by atoms with Crippen LogP contribution in [0.4, 0.5) is 0 Å². The number of hydrogen-bond acceptors (Lipinski definition) is 4. The molecule has 2 aromatic heterocycles. The summed E-state index contributed by atoms with van der Waals surface area (Å²) in [5, 5.41) is 7.11. The van der Waals surface area contributed by atoms with Crippen molar-refractivity contribution in [1.82, 2.24) is 24.8 Å². The number of carbonyl (C=O) groups excluding carboxylic acids is 1. The van der Waals surface area contributed by atoms with E-state index in [0.29, 0.717) is 17.8 Å². The monoisotopic (exact) mass is 363 g/mol. The Labute approximate surface area is 159 Å². The van der Waals surface area contributed by atoms with Crippen molar-refractivity contribution in [3.63, 3.8) is 0 Å². The van der Waals surface area contributed by atoms with Crippen LogP contribution in [-0.2, 0) is 13.1 Å². The molecule has 1 aromatic carbocycles. The fourth-order valence-electron chi connectivity index (χ4n) is 3.51. The summed E-state index contributed by atoms with van der Waals surface area (Å²) in [6.45, 7) is 6.21. The molecule has 6 heteroatoms. The second-order valence-electron chi connectivity index (χ2n) is 7.40. The van der Waals surface area contributed by atoms with Crippen LogP contribution in [0, 0.1) is 5.92 Å². The molecule has 1 N–H and O–H groups in total. The van der Waals surface area contributed by atoms with Crippen LogP contribution in [0.15, 0.2) is 48.9 Å². The van der Waals surface area contributed by atoms with E-state index in [1.807, 2.05) is 0 Å². The number of piperidine rings is 1. The molecule has 0 radical (unpaired) electrons. The first kappa shape index (κ1) is 17.7. The van der Waals surface area contributed by atoms with Crippen molar-refractivity contribution in [2.45, 2.75) is 32.9 Å². The van der Waals surface area contributed by atoms with Crippen molar-refractivity contribution in [1.29, 1.82) is 0 Å². The lowest BCUT2D eigenvalue weighted by atomic mass is 9.99. The lowest BCUT2D eigenvalue weighted by Crippen LogP contribution is -2.32. The fraction of sp³-hybridized carbons (Fsp3) is 0.381. The highest BCUT2D eigenvalue weighted by Gasteiger charge is 2.16. The molecule has 0 atom stereocenters. The SMILES string of the molecule is CC1CCN(Cc2ccc(CNC(=O)c3cnn4cccnc34)cc2)CC1. The number of hydrogen-bond donors (Lipinski definition) is 1. The van der Waals surface area contributed by atoms with E-state index in [1.165, 1.54) is 31.5 Å². The first-order valence-electron chi connectivity index (χ1n) is 9.56. The number of benzene rings is 1. The van der Waals surface area contributed by atoms with Gasteiger partial charge in [-0.2, -0.15) is 5.10 Å². The molecule has 3 heterocycles. The van der Waals surface area contributed by atoms with Gasteiger partial charge in [-0.15, -0.1) is 0 Å². The van der Waals surface area contributed by atoms with Crippen molar-refractivity contribution in [2.75, 3.05) is 13.1 Å². The van der Waals surface area contributed by atoms with Gasteiger partial charge in [0.25, 0.3) is 5.91 Å². The Morgan fingerprint density at radius 1 is 1.19 bits per heavy atom. The molecular formula is C21H25N5O. The summed E-state index contributed by atoms with van der Waals surface area (Å²) in [5.74, 6) is 0.700. The highest BCUT2D eigenvalue weighted by Crippen LogP contribution is 2.18. The molecule has 27 heavy (non-hydrogen) atoms. The Balaban J connectivity index is 1.32. The van der Waals surface area contributed by atoms with E-state index in [1.54, 1.807) is 29.2 Å². The average Bonchev–Trinajstić information content (AvgIpc) is 3.13. The molecule has 1 amide bonds. The van der Waals surface area contributed by atoms with Crippen LogP contribution < -0.4 is 5.32 Å². The number of nitrogens with one attached hydrogen (secondary N) is 1. The van der Waals surface area contributed by atoms with Crippen LogP contribution >= 0.6 is 0 Å². The number of rotatable bonds is 5. The van der Waals surface area contributed by atoms with E-state index in [9.17, 15) is 4.79 Å². The summed E-state index contributed by atoms with van der Waals surface area (Å²) < 4.78 is 1.60. The minimum absolute atomic E-state index is 0.157. The molecule has 1 aliphatic rings. The van der Waals surface area contributed by atoms with Crippen molar-refractivity contribution in [3.05, 3.63) is 65.6 Å². The lowest BCUT2D eigenvalue weighted by molar-refractivity contribution is 0.0952. The molecule has 3 aromatic rings. The summed E-state index contributed by atoms with van der Waals surface area (Å²) in [6, 6.07) is 10.3. The normalized spacial score (nSPS) is 15.9. The van der Waals surface area contributed by atoms with E-state index in [-0.39, 0.29) is 5.91 Å². The van der Waals surface area contributed by atoms with Gasteiger partial charge in [0.05, 0.1) is 6.20 Å². The smallest absolute Gasteiger partial charge is 0.257 e. The van der Waals surface area contributed by atoms with E-state index < -0.39 is 0 Å². The molecule has 0 unspecified atom stereocenters. The summed E-state index contributed by atoms with van der Waals surface area (Å²) in [7, 11) is 0. The first-order valence-corrected chi connectivity index (χ1v) is 9.56. The molecule has 140 valence electrons. The Kier molecular flexibility index (Phi) is 5.16. The van der Waals surface area contributed by atoms with Gasteiger partial charge in [0.15, 0.2) is 5.65 Å². The quantitative estimate of drug-likeness (QED) is 0.757. The Hall–Kier alpha value is -2.73. The number of carbonyl (C=O) groups is 1. The summed E-state index contributed by atoms with van der Waals surface area (Å²) in [5.41, 5.74) is 3.48. The summed E-state index contributed by atoms with van der Waals surface area (Å²) in [6.07, 6.45) is 7.58. The van der Waals surface area contributed by atoms with Crippen molar-refractivity contribution < 1.29 is 4.79 Å². The van der Waals surface area contributed by atoms with Gasteiger partial charge in [0.2, 0.25) is 0 Å². The van der Waals surface area contributed by atoms with E-state index in [4.69, 9.17) is 0 Å². The Morgan fingerprint density at radius 2 is 1.93 bits per heavy atom. The van der Waals surface area contributed by atoms with E-state index >= 15 is 0 Å². The topological polar surface area (TPSA) is 62.5 Å². The molecule has 4 rings (SSSR count). The number of nitrogens with zero attached hydrogens (tertiary/aromatic N) is 4. The van der Waals surface area contributed by atoms with Crippen LogP contribution in [-0.4, -0.2) is 38.5 Å². The zero-order valence-electron chi connectivity index (χ0n) is 15.6. The van der Waals surface area contributed by atoms with E-state index in [0.717, 1.165) is 18.0 Å². The zero-order valence-corrected chi connectivity index (χ0v) is 15.6. The third-order valence-corrected chi connectivity index (χ3v) is 5.28. The minimum atomic E-state index is -0.157. The maximum atomic E-state index is 12.4. The standard InChI is InChI=1S/C21H25N5O/c1-16-7-11-25(12-8-16)15-18-5-3-17(4-6-18)13-23-21(27)19-14-24-26-10-2-9-22-20(19)26/h2-6,9-10,14,16H,7-8,11-13,15H2,1H3,(H,23,27). The Bertz CT molecular complexity index is 910. The molecular weight excluding hydrogens is 338 g/mol. The van der Waals surface area contributed by atoms with Gasteiger partial charge < -0.3 is 5.32 Å². The zero-order chi connectivity index (χ0) is 18.6. The van der Waals surface area contributed by atoms with Crippen LogP contribution in [0.3, 0.4) is 0 Å². The van der Waals surface area contributed by atoms with Gasteiger partial charge in [0.1, 0.15) is 5.56 Å². The largest absolute Gasteiger partial charge is 0.348 e. The third-order valence-electron chi connectivity index (χ3n) is 5.28. The van der Waals surface area contributed by atoms with Gasteiger partial charge in [-0.25, -0.2) is 9.50 Å². The second-order valence-corrected chi connectivity index (χ2v) is 7.40. The lowest BCUT2D eigenvalue weighted by Gasteiger charge is -2.30. The number of fused-ring (bicyclic) bond motifs is 1. The minimum Gasteiger partial charge on any atom is -0.348 e. The van der Waals surface area contributed by atoms with Gasteiger partial charge in [0, 0.05) is 25.5 Å². The highest BCUT2D eigenvalue weighted by molar-refractivity contribution is 5.99. The summed E-state index contributed by atoms with van der Waals surface area (Å²) >= 11 is 0. The summed E-state index contributed by atoms with van der Waals surface area (Å²) in [4.78, 5) is 19.2. The fourth-order valence-corrected chi connectivity index (χ4v) is 3.51. The number of aromatic nitrogens is 3.